The summed E-state index contributed by atoms with van der Waals surface area (Å²) in [5.74, 6) is 1.13. The van der Waals surface area contributed by atoms with Crippen LogP contribution in [0.15, 0.2) is 47.7 Å². The maximum Gasteiger partial charge on any atom is 0.213 e. The van der Waals surface area contributed by atoms with E-state index in [1.807, 2.05) is 30.3 Å². The molecule has 0 saturated heterocycles. The minimum absolute atomic E-state index is 0. The fraction of sp³-hybridized carbons (Fsp3) is 0.421. The predicted molar refractivity (Wildman–Crippen MR) is 114 cm³/mol. The molecule has 0 spiro atoms. The number of nitrogens with zero attached hydrogens (tertiary/aromatic N) is 3. The van der Waals surface area contributed by atoms with Crippen molar-refractivity contribution in [3.63, 3.8) is 0 Å². The van der Waals surface area contributed by atoms with Crippen LogP contribution in [-0.2, 0) is 13.0 Å². The number of pyridine rings is 2. The Morgan fingerprint density at radius 1 is 1.19 bits per heavy atom. The Morgan fingerprint density at radius 2 is 2.04 bits per heavy atom. The Labute approximate surface area is 171 Å². The summed E-state index contributed by atoms with van der Waals surface area (Å²) < 4.78 is 5.86. The van der Waals surface area contributed by atoms with Crippen molar-refractivity contribution in [1.29, 1.82) is 0 Å². The second kappa shape index (κ2) is 10.9. The van der Waals surface area contributed by atoms with Gasteiger partial charge in [-0.3, -0.25) is 4.98 Å². The van der Waals surface area contributed by atoms with Gasteiger partial charge in [-0.2, -0.15) is 0 Å². The molecule has 0 aliphatic heterocycles. The SMILES string of the molecule is I.NC(=NCc1ccc(OC2CCCC2)nc1)NCCc1ccccn1. The first-order valence-electron chi connectivity index (χ1n) is 8.85. The average Bonchev–Trinajstić information content (AvgIpc) is 3.15. The number of aromatic nitrogens is 2. The van der Waals surface area contributed by atoms with Crippen LogP contribution in [0.3, 0.4) is 0 Å². The Bertz CT molecular complexity index is 672. The third kappa shape index (κ3) is 6.78. The van der Waals surface area contributed by atoms with Crippen molar-refractivity contribution in [1.82, 2.24) is 15.3 Å². The molecule has 1 fully saturated rings. The van der Waals surface area contributed by atoms with Crippen LogP contribution in [0.25, 0.3) is 0 Å². The van der Waals surface area contributed by atoms with Gasteiger partial charge in [-0.25, -0.2) is 9.98 Å². The maximum absolute atomic E-state index is 5.90. The summed E-state index contributed by atoms with van der Waals surface area (Å²) in [5.41, 5.74) is 7.94. The number of nitrogens with two attached hydrogens (primary N) is 1. The van der Waals surface area contributed by atoms with E-state index >= 15 is 0 Å². The summed E-state index contributed by atoms with van der Waals surface area (Å²) >= 11 is 0. The zero-order valence-electron chi connectivity index (χ0n) is 14.8. The summed E-state index contributed by atoms with van der Waals surface area (Å²) in [6.45, 7) is 1.21. The van der Waals surface area contributed by atoms with Crippen LogP contribution in [0.5, 0.6) is 5.88 Å². The van der Waals surface area contributed by atoms with E-state index in [4.69, 9.17) is 10.5 Å². The molecule has 0 radical (unpaired) electrons. The van der Waals surface area contributed by atoms with Gasteiger partial charge in [0, 0.05) is 37.1 Å². The van der Waals surface area contributed by atoms with Crippen molar-refractivity contribution >= 4 is 29.9 Å². The number of guanidine groups is 1. The van der Waals surface area contributed by atoms with Crippen molar-refractivity contribution in [3.8, 4) is 5.88 Å². The van der Waals surface area contributed by atoms with E-state index in [0.717, 1.165) is 30.5 Å². The van der Waals surface area contributed by atoms with Crippen LogP contribution in [0.2, 0.25) is 0 Å². The fourth-order valence-electron chi connectivity index (χ4n) is 2.85. The second-order valence-corrected chi connectivity index (χ2v) is 6.23. The van der Waals surface area contributed by atoms with E-state index in [9.17, 15) is 0 Å². The van der Waals surface area contributed by atoms with E-state index in [0.29, 0.717) is 31.0 Å². The van der Waals surface area contributed by atoms with Gasteiger partial charge in [0.05, 0.1) is 6.54 Å². The Balaban J connectivity index is 0.00000243. The first kappa shape index (κ1) is 20.4. The molecule has 7 heteroatoms. The van der Waals surface area contributed by atoms with Crippen molar-refractivity contribution in [2.75, 3.05) is 6.54 Å². The van der Waals surface area contributed by atoms with Gasteiger partial charge in [0.15, 0.2) is 5.96 Å². The first-order chi connectivity index (χ1) is 12.3. The molecule has 0 unspecified atom stereocenters. The highest BCUT2D eigenvalue weighted by Crippen LogP contribution is 2.22. The van der Waals surface area contributed by atoms with Gasteiger partial charge in [0.1, 0.15) is 6.10 Å². The molecule has 1 aliphatic rings. The van der Waals surface area contributed by atoms with Crippen LogP contribution >= 0.6 is 24.0 Å². The molecule has 0 aromatic carbocycles. The second-order valence-electron chi connectivity index (χ2n) is 6.23. The number of hydrogen-bond donors (Lipinski definition) is 2. The van der Waals surface area contributed by atoms with E-state index in [-0.39, 0.29) is 24.0 Å². The molecular formula is C19H26IN5O. The lowest BCUT2D eigenvalue weighted by Gasteiger charge is -2.11. The van der Waals surface area contributed by atoms with Gasteiger partial charge in [0.2, 0.25) is 5.88 Å². The van der Waals surface area contributed by atoms with Gasteiger partial charge in [-0.1, -0.05) is 12.1 Å². The van der Waals surface area contributed by atoms with Crippen LogP contribution in [0, 0.1) is 0 Å². The minimum atomic E-state index is 0. The number of rotatable bonds is 7. The van der Waals surface area contributed by atoms with Gasteiger partial charge < -0.3 is 15.8 Å². The van der Waals surface area contributed by atoms with Gasteiger partial charge >= 0.3 is 0 Å². The summed E-state index contributed by atoms with van der Waals surface area (Å²) in [6, 6.07) is 9.78. The van der Waals surface area contributed by atoms with Gasteiger partial charge in [-0.05, 0) is 43.4 Å². The third-order valence-electron chi connectivity index (χ3n) is 4.23. The lowest BCUT2D eigenvalue weighted by Crippen LogP contribution is -2.33. The summed E-state index contributed by atoms with van der Waals surface area (Å²) in [4.78, 5) is 13.0. The largest absolute Gasteiger partial charge is 0.474 e. The summed E-state index contributed by atoms with van der Waals surface area (Å²) in [5, 5.41) is 3.10. The van der Waals surface area contributed by atoms with E-state index in [1.54, 1.807) is 12.4 Å². The molecule has 3 N–H and O–H groups in total. The molecule has 2 heterocycles. The molecule has 0 bridgehead atoms. The molecule has 6 nitrogen and oxygen atoms in total. The average molecular weight is 467 g/mol. The Kier molecular flexibility index (Phi) is 8.60. The number of ether oxygens (including phenoxy) is 1. The molecule has 3 rings (SSSR count). The number of aliphatic imine (C=N–C) groups is 1. The molecule has 2 aromatic rings. The van der Waals surface area contributed by atoms with Gasteiger partial charge in [0.25, 0.3) is 0 Å². The molecule has 0 atom stereocenters. The van der Waals surface area contributed by atoms with Crippen LogP contribution in [-0.4, -0.2) is 28.6 Å². The van der Waals surface area contributed by atoms with E-state index in [2.05, 4.69) is 20.3 Å². The molecule has 1 aliphatic carbocycles. The van der Waals surface area contributed by atoms with Crippen molar-refractivity contribution < 1.29 is 4.74 Å². The fourth-order valence-corrected chi connectivity index (χ4v) is 2.85. The van der Waals surface area contributed by atoms with E-state index < -0.39 is 0 Å². The van der Waals surface area contributed by atoms with Crippen LogP contribution < -0.4 is 15.8 Å². The van der Waals surface area contributed by atoms with Crippen LogP contribution in [0.4, 0.5) is 0 Å². The topological polar surface area (TPSA) is 85.4 Å². The lowest BCUT2D eigenvalue weighted by molar-refractivity contribution is 0.201. The Hall–Kier alpha value is -1.90. The lowest BCUT2D eigenvalue weighted by atomic mass is 10.3. The van der Waals surface area contributed by atoms with Crippen LogP contribution in [0.1, 0.15) is 36.9 Å². The molecule has 2 aromatic heterocycles. The number of nitrogens with one attached hydrogen (secondary N) is 1. The standard InChI is InChI=1S/C19H25N5O.HI/c20-19(22-12-10-16-5-3-4-11-21-16)24-14-15-8-9-18(23-13-15)25-17-6-1-2-7-17;/h3-5,8-9,11,13,17H,1-2,6-7,10,12,14H2,(H3,20,22,24);1H. The van der Waals surface area contributed by atoms with Crippen molar-refractivity contribution in [2.45, 2.75) is 44.8 Å². The summed E-state index contributed by atoms with van der Waals surface area (Å²) in [6.07, 6.45) is 9.51. The molecule has 26 heavy (non-hydrogen) atoms. The van der Waals surface area contributed by atoms with Crippen molar-refractivity contribution in [3.05, 3.63) is 54.0 Å². The molecular weight excluding hydrogens is 441 g/mol. The normalized spacial score (nSPS) is 14.7. The Morgan fingerprint density at radius 3 is 2.73 bits per heavy atom. The number of halogens is 1. The zero-order chi connectivity index (χ0) is 17.3. The highest BCUT2D eigenvalue weighted by Gasteiger charge is 2.16. The highest BCUT2D eigenvalue weighted by molar-refractivity contribution is 14.0. The quantitative estimate of drug-likeness (QED) is 0.372. The maximum atomic E-state index is 5.90. The highest BCUT2D eigenvalue weighted by atomic mass is 127. The minimum Gasteiger partial charge on any atom is -0.474 e. The molecule has 0 amide bonds. The third-order valence-corrected chi connectivity index (χ3v) is 4.23. The first-order valence-corrected chi connectivity index (χ1v) is 8.85. The predicted octanol–water partition coefficient (Wildman–Crippen LogP) is 3.06. The number of hydrogen-bond acceptors (Lipinski definition) is 4. The molecule has 1 saturated carbocycles. The van der Waals surface area contributed by atoms with Crippen molar-refractivity contribution in [2.24, 2.45) is 10.7 Å². The van der Waals surface area contributed by atoms with Gasteiger partial charge in [-0.15, -0.1) is 24.0 Å². The van der Waals surface area contributed by atoms with E-state index in [1.165, 1.54) is 12.8 Å². The smallest absolute Gasteiger partial charge is 0.213 e. The monoisotopic (exact) mass is 467 g/mol. The molecule has 140 valence electrons. The zero-order valence-corrected chi connectivity index (χ0v) is 17.1. The summed E-state index contributed by atoms with van der Waals surface area (Å²) in [7, 11) is 0.